The Kier molecular flexibility index (Phi) is 4.92. The van der Waals surface area contributed by atoms with E-state index in [-0.39, 0.29) is 6.61 Å². The lowest BCUT2D eigenvalue weighted by Gasteiger charge is -2.16. The highest BCUT2D eigenvalue weighted by Gasteiger charge is 2.26. The molecule has 0 radical (unpaired) electrons. The van der Waals surface area contributed by atoms with Crippen LogP contribution in [-0.4, -0.2) is 28.9 Å². The van der Waals surface area contributed by atoms with E-state index < -0.39 is 18.2 Å². The Morgan fingerprint density at radius 2 is 2.19 bits per heavy atom. The second-order valence-corrected chi connectivity index (χ2v) is 4.11. The first-order chi connectivity index (χ1) is 7.56. The van der Waals surface area contributed by atoms with Crippen LogP contribution in [0.4, 0.5) is 0 Å². The lowest BCUT2D eigenvalue weighted by atomic mass is 10.0. The molecule has 0 unspecified atom stereocenters. The van der Waals surface area contributed by atoms with Crippen molar-refractivity contribution in [3.05, 3.63) is 34.3 Å². The maximum absolute atomic E-state index is 11.2. The molecule has 0 heterocycles. The zero-order chi connectivity index (χ0) is 12.1. The molecular formula is C11H13BrO4. The summed E-state index contributed by atoms with van der Waals surface area (Å²) in [4.78, 5) is 11.2. The van der Waals surface area contributed by atoms with Crippen molar-refractivity contribution in [2.45, 2.75) is 19.1 Å². The zero-order valence-corrected chi connectivity index (χ0v) is 10.3. The van der Waals surface area contributed by atoms with Gasteiger partial charge >= 0.3 is 5.97 Å². The summed E-state index contributed by atoms with van der Waals surface area (Å²) < 4.78 is 5.38. The predicted octanol–water partition coefficient (Wildman–Crippen LogP) is 1.41. The summed E-state index contributed by atoms with van der Waals surface area (Å²) in [5, 5.41) is 19.3. The molecule has 0 spiro atoms. The van der Waals surface area contributed by atoms with Gasteiger partial charge in [0.25, 0.3) is 0 Å². The molecule has 0 bridgehead atoms. The van der Waals surface area contributed by atoms with Crippen molar-refractivity contribution in [1.82, 2.24) is 0 Å². The number of aliphatic hydroxyl groups excluding tert-OH is 2. The highest BCUT2D eigenvalue weighted by molar-refractivity contribution is 9.10. The number of hydrogen-bond acceptors (Lipinski definition) is 4. The first-order valence-electron chi connectivity index (χ1n) is 4.84. The Hall–Kier alpha value is -0.910. The quantitative estimate of drug-likeness (QED) is 0.822. The number of esters is 1. The number of rotatable bonds is 4. The van der Waals surface area contributed by atoms with E-state index in [0.717, 1.165) is 4.47 Å². The van der Waals surface area contributed by atoms with Crippen molar-refractivity contribution >= 4 is 21.9 Å². The average Bonchev–Trinajstić information content (AvgIpc) is 2.27. The van der Waals surface area contributed by atoms with Gasteiger partial charge in [-0.2, -0.15) is 0 Å². The van der Waals surface area contributed by atoms with Crippen LogP contribution in [0.25, 0.3) is 0 Å². The Morgan fingerprint density at radius 3 is 2.75 bits per heavy atom. The Labute approximate surface area is 102 Å². The molecule has 1 aromatic rings. The molecule has 2 atom stereocenters. The minimum Gasteiger partial charge on any atom is -0.464 e. The van der Waals surface area contributed by atoms with Gasteiger partial charge in [0.1, 0.15) is 6.10 Å². The largest absolute Gasteiger partial charge is 0.464 e. The van der Waals surface area contributed by atoms with E-state index in [1.807, 2.05) is 0 Å². The Morgan fingerprint density at radius 1 is 1.50 bits per heavy atom. The van der Waals surface area contributed by atoms with Crippen LogP contribution in [0, 0.1) is 0 Å². The van der Waals surface area contributed by atoms with Crippen LogP contribution >= 0.6 is 15.9 Å². The average molecular weight is 289 g/mol. The number of carbonyl (C=O) groups is 1. The zero-order valence-electron chi connectivity index (χ0n) is 8.76. The van der Waals surface area contributed by atoms with E-state index in [1.54, 1.807) is 31.2 Å². The molecule has 0 aromatic heterocycles. The van der Waals surface area contributed by atoms with E-state index in [2.05, 4.69) is 20.7 Å². The van der Waals surface area contributed by atoms with Gasteiger partial charge in [-0.1, -0.05) is 28.1 Å². The highest BCUT2D eigenvalue weighted by atomic mass is 79.9. The predicted molar refractivity (Wildman–Crippen MR) is 61.7 cm³/mol. The van der Waals surface area contributed by atoms with Gasteiger partial charge in [-0.05, 0) is 24.6 Å². The van der Waals surface area contributed by atoms with E-state index in [9.17, 15) is 15.0 Å². The lowest BCUT2D eigenvalue weighted by molar-refractivity contribution is -0.159. The van der Waals surface area contributed by atoms with E-state index in [0.29, 0.717) is 5.56 Å². The summed E-state index contributed by atoms with van der Waals surface area (Å²) in [6.07, 6.45) is -2.84. The third-order valence-electron chi connectivity index (χ3n) is 2.02. The number of halogens is 1. The molecular weight excluding hydrogens is 276 g/mol. The smallest absolute Gasteiger partial charge is 0.338 e. The van der Waals surface area contributed by atoms with Crippen molar-refractivity contribution in [2.24, 2.45) is 0 Å². The topological polar surface area (TPSA) is 66.8 Å². The van der Waals surface area contributed by atoms with Crippen molar-refractivity contribution in [3.63, 3.8) is 0 Å². The molecule has 0 fully saturated rings. The normalized spacial score (nSPS) is 14.2. The molecule has 1 aromatic carbocycles. The number of aliphatic hydroxyl groups is 2. The van der Waals surface area contributed by atoms with Crippen molar-refractivity contribution in [2.75, 3.05) is 6.61 Å². The fourth-order valence-corrected chi connectivity index (χ4v) is 1.65. The first kappa shape index (κ1) is 13.2. The molecule has 5 heteroatoms. The van der Waals surface area contributed by atoms with Crippen molar-refractivity contribution < 1.29 is 19.7 Å². The van der Waals surface area contributed by atoms with Crippen LogP contribution in [0.15, 0.2) is 28.7 Å². The SMILES string of the molecule is CCOC(=O)[C@H](O)[C@H](O)c1cccc(Br)c1. The molecule has 0 aliphatic rings. The molecule has 4 nitrogen and oxygen atoms in total. The second-order valence-electron chi connectivity index (χ2n) is 3.20. The Balaban J connectivity index is 2.77. The van der Waals surface area contributed by atoms with Crippen LogP contribution < -0.4 is 0 Å². The van der Waals surface area contributed by atoms with Gasteiger partial charge < -0.3 is 14.9 Å². The van der Waals surface area contributed by atoms with Gasteiger partial charge in [0.15, 0.2) is 6.10 Å². The minimum atomic E-state index is -1.56. The molecule has 0 saturated carbocycles. The summed E-state index contributed by atoms with van der Waals surface area (Å²) in [5.74, 6) is -0.824. The number of ether oxygens (including phenoxy) is 1. The second kappa shape index (κ2) is 5.98. The monoisotopic (exact) mass is 288 g/mol. The number of hydrogen-bond donors (Lipinski definition) is 2. The summed E-state index contributed by atoms with van der Waals surface area (Å²) in [6, 6.07) is 6.75. The summed E-state index contributed by atoms with van der Waals surface area (Å²) in [7, 11) is 0. The molecule has 2 N–H and O–H groups in total. The minimum absolute atomic E-state index is 0.168. The van der Waals surface area contributed by atoms with Gasteiger partial charge in [0.2, 0.25) is 0 Å². The molecule has 0 aliphatic carbocycles. The summed E-state index contributed by atoms with van der Waals surface area (Å²) in [5.41, 5.74) is 0.454. The first-order valence-corrected chi connectivity index (χ1v) is 5.63. The summed E-state index contributed by atoms with van der Waals surface area (Å²) in [6.45, 7) is 1.80. The van der Waals surface area contributed by atoms with E-state index in [4.69, 9.17) is 0 Å². The molecule has 0 saturated heterocycles. The van der Waals surface area contributed by atoms with Gasteiger partial charge in [0, 0.05) is 4.47 Å². The van der Waals surface area contributed by atoms with Crippen molar-refractivity contribution in [3.8, 4) is 0 Å². The highest BCUT2D eigenvalue weighted by Crippen LogP contribution is 2.21. The third-order valence-corrected chi connectivity index (χ3v) is 2.51. The van der Waals surface area contributed by atoms with E-state index >= 15 is 0 Å². The number of benzene rings is 1. The standard InChI is InChI=1S/C11H13BrO4/c1-2-16-11(15)10(14)9(13)7-4-3-5-8(12)6-7/h3-6,9-10,13-14H,2H2,1H3/t9-,10-/m1/s1. The van der Waals surface area contributed by atoms with Crippen LogP contribution in [0.5, 0.6) is 0 Å². The van der Waals surface area contributed by atoms with Gasteiger partial charge in [0.05, 0.1) is 6.61 Å². The fourth-order valence-electron chi connectivity index (χ4n) is 1.23. The van der Waals surface area contributed by atoms with Gasteiger partial charge in [-0.25, -0.2) is 4.79 Å². The molecule has 0 amide bonds. The third kappa shape index (κ3) is 3.30. The molecule has 88 valence electrons. The maximum atomic E-state index is 11.2. The van der Waals surface area contributed by atoms with Crippen LogP contribution in [0.2, 0.25) is 0 Å². The van der Waals surface area contributed by atoms with Crippen molar-refractivity contribution in [1.29, 1.82) is 0 Å². The number of carbonyl (C=O) groups excluding carboxylic acids is 1. The van der Waals surface area contributed by atoms with Crippen LogP contribution in [0.3, 0.4) is 0 Å². The van der Waals surface area contributed by atoms with Crippen LogP contribution in [-0.2, 0) is 9.53 Å². The Bertz CT molecular complexity index is 367. The molecule has 16 heavy (non-hydrogen) atoms. The maximum Gasteiger partial charge on any atom is 0.338 e. The molecule has 1 rings (SSSR count). The van der Waals surface area contributed by atoms with Gasteiger partial charge in [-0.3, -0.25) is 0 Å². The van der Waals surface area contributed by atoms with Crippen LogP contribution in [0.1, 0.15) is 18.6 Å². The molecule has 0 aliphatic heterocycles. The van der Waals surface area contributed by atoms with Gasteiger partial charge in [-0.15, -0.1) is 0 Å². The van der Waals surface area contributed by atoms with E-state index in [1.165, 1.54) is 0 Å². The fraction of sp³-hybridized carbons (Fsp3) is 0.364. The lowest BCUT2D eigenvalue weighted by Crippen LogP contribution is -2.29. The summed E-state index contributed by atoms with van der Waals surface area (Å²) >= 11 is 3.24.